The van der Waals surface area contributed by atoms with Crippen LogP contribution in [-0.2, 0) is 28.3 Å². The van der Waals surface area contributed by atoms with Crippen molar-refractivity contribution in [2.45, 2.75) is 31.3 Å². The molecule has 1 heterocycles. The number of nitrogens with one attached hydrogen (secondary N) is 1. The minimum Gasteiger partial charge on any atom is -0.369 e. The SMILES string of the molecule is Fc1ccc(CO[C@]2(c3ccc(Cl)cc3)CCNC[C@@H]2OCc2ccc(Cl)c(Cl)c2)cc1. The zero-order valence-electron chi connectivity index (χ0n) is 17.3. The van der Waals surface area contributed by atoms with Crippen LogP contribution in [0.3, 0.4) is 0 Å². The molecule has 168 valence electrons. The molecule has 1 N–H and O–H groups in total. The lowest BCUT2D eigenvalue weighted by atomic mass is 9.82. The van der Waals surface area contributed by atoms with Gasteiger partial charge in [0.1, 0.15) is 17.5 Å². The van der Waals surface area contributed by atoms with Crippen LogP contribution in [0, 0.1) is 5.82 Å². The zero-order chi connectivity index (χ0) is 22.6. The molecule has 1 aliphatic rings. The Balaban J connectivity index is 1.60. The van der Waals surface area contributed by atoms with E-state index in [0.29, 0.717) is 41.2 Å². The van der Waals surface area contributed by atoms with Gasteiger partial charge in [0.05, 0.1) is 23.3 Å². The molecule has 0 radical (unpaired) electrons. The first-order chi connectivity index (χ1) is 15.5. The third kappa shape index (κ3) is 5.45. The van der Waals surface area contributed by atoms with E-state index in [4.69, 9.17) is 44.3 Å². The second kappa shape index (κ2) is 10.5. The van der Waals surface area contributed by atoms with Crippen LogP contribution in [0.15, 0.2) is 66.7 Å². The van der Waals surface area contributed by atoms with Gasteiger partial charge in [-0.25, -0.2) is 4.39 Å². The molecular weight excluding hydrogens is 472 g/mol. The topological polar surface area (TPSA) is 30.5 Å². The van der Waals surface area contributed by atoms with E-state index in [-0.39, 0.29) is 11.9 Å². The summed E-state index contributed by atoms with van der Waals surface area (Å²) in [6.45, 7) is 2.08. The molecule has 32 heavy (non-hydrogen) atoms. The van der Waals surface area contributed by atoms with E-state index < -0.39 is 5.60 Å². The molecule has 0 aromatic heterocycles. The number of hydrogen-bond acceptors (Lipinski definition) is 3. The fourth-order valence-corrected chi connectivity index (χ4v) is 4.40. The summed E-state index contributed by atoms with van der Waals surface area (Å²) in [6, 6.07) is 19.5. The molecule has 0 saturated carbocycles. The van der Waals surface area contributed by atoms with Gasteiger partial charge >= 0.3 is 0 Å². The average molecular weight is 495 g/mol. The molecule has 0 unspecified atom stereocenters. The fraction of sp³-hybridized carbons (Fsp3) is 0.280. The monoisotopic (exact) mass is 493 g/mol. The van der Waals surface area contributed by atoms with Crippen molar-refractivity contribution in [2.75, 3.05) is 13.1 Å². The summed E-state index contributed by atoms with van der Waals surface area (Å²) in [4.78, 5) is 0. The van der Waals surface area contributed by atoms with Crippen molar-refractivity contribution in [3.63, 3.8) is 0 Å². The van der Waals surface area contributed by atoms with E-state index in [1.165, 1.54) is 12.1 Å². The Hall–Kier alpha value is -1.66. The number of rotatable bonds is 7. The Morgan fingerprint density at radius 3 is 2.31 bits per heavy atom. The molecule has 0 amide bonds. The van der Waals surface area contributed by atoms with Crippen molar-refractivity contribution in [3.05, 3.63) is 104 Å². The normalized spacial score (nSPS) is 20.9. The molecule has 3 nitrogen and oxygen atoms in total. The Kier molecular flexibility index (Phi) is 7.72. The number of benzene rings is 3. The van der Waals surface area contributed by atoms with E-state index in [2.05, 4.69) is 5.32 Å². The van der Waals surface area contributed by atoms with E-state index in [9.17, 15) is 4.39 Å². The molecule has 0 bridgehead atoms. The molecule has 2 atom stereocenters. The van der Waals surface area contributed by atoms with Crippen LogP contribution in [0.2, 0.25) is 15.1 Å². The summed E-state index contributed by atoms with van der Waals surface area (Å²) >= 11 is 18.4. The van der Waals surface area contributed by atoms with E-state index in [0.717, 1.165) is 23.2 Å². The summed E-state index contributed by atoms with van der Waals surface area (Å²) in [7, 11) is 0. The predicted octanol–water partition coefficient (Wildman–Crippen LogP) is 6.78. The molecule has 3 aromatic carbocycles. The van der Waals surface area contributed by atoms with Gasteiger partial charge in [-0.2, -0.15) is 0 Å². The third-order valence-corrected chi connectivity index (χ3v) is 6.69. The zero-order valence-corrected chi connectivity index (χ0v) is 19.6. The summed E-state index contributed by atoms with van der Waals surface area (Å²) in [5.41, 5.74) is 2.11. The van der Waals surface area contributed by atoms with Gasteiger partial charge in [0, 0.05) is 11.6 Å². The molecule has 1 saturated heterocycles. The first-order valence-corrected chi connectivity index (χ1v) is 11.5. The summed E-state index contributed by atoms with van der Waals surface area (Å²) in [6.07, 6.45) is 0.439. The van der Waals surface area contributed by atoms with Crippen molar-refractivity contribution in [1.82, 2.24) is 5.32 Å². The lowest BCUT2D eigenvalue weighted by Crippen LogP contribution is -2.54. The maximum Gasteiger partial charge on any atom is 0.123 e. The Morgan fingerprint density at radius 1 is 0.875 bits per heavy atom. The van der Waals surface area contributed by atoms with Gasteiger partial charge in [-0.1, -0.05) is 65.1 Å². The van der Waals surface area contributed by atoms with Gasteiger partial charge < -0.3 is 14.8 Å². The van der Waals surface area contributed by atoms with Gasteiger partial charge in [0.15, 0.2) is 0 Å². The Morgan fingerprint density at radius 2 is 1.59 bits per heavy atom. The second-order valence-electron chi connectivity index (χ2n) is 7.81. The Bertz CT molecular complexity index is 1050. The number of piperidine rings is 1. The van der Waals surface area contributed by atoms with E-state index in [1.54, 1.807) is 18.2 Å². The highest BCUT2D eigenvalue weighted by atomic mass is 35.5. The Labute approximate surface area is 202 Å². The molecule has 1 aliphatic heterocycles. The van der Waals surface area contributed by atoms with Crippen LogP contribution in [0.25, 0.3) is 0 Å². The van der Waals surface area contributed by atoms with Gasteiger partial charge in [-0.3, -0.25) is 0 Å². The van der Waals surface area contributed by atoms with Gasteiger partial charge in [-0.15, -0.1) is 0 Å². The molecule has 0 spiro atoms. The highest BCUT2D eigenvalue weighted by Gasteiger charge is 2.44. The lowest BCUT2D eigenvalue weighted by Gasteiger charge is -2.44. The molecular formula is C25H23Cl3FNO2. The van der Waals surface area contributed by atoms with Crippen molar-refractivity contribution in [2.24, 2.45) is 0 Å². The summed E-state index contributed by atoms with van der Waals surface area (Å²) in [5, 5.41) is 5.06. The van der Waals surface area contributed by atoms with Gasteiger partial charge in [0.2, 0.25) is 0 Å². The molecule has 1 fully saturated rings. The first-order valence-electron chi connectivity index (χ1n) is 10.4. The summed E-state index contributed by atoms with van der Waals surface area (Å²) in [5.74, 6) is -0.272. The minimum atomic E-state index is -0.694. The molecule has 3 aromatic rings. The number of ether oxygens (including phenoxy) is 2. The second-order valence-corrected chi connectivity index (χ2v) is 9.06. The van der Waals surface area contributed by atoms with Crippen molar-refractivity contribution in [3.8, 4) is 0 Å². The van der Waals surface area contributed by atoms with E-state index >= 15 is 0 Å². The molecule has 7 heteroatoms. The standard InChI is InChI=1S/C25H23Cl3FNO2/c26-20-6-4-19(5-7-20)25(32-16-17-1-8-21(29)9-2-17)11-12-30-14-24(25)31-15-18-3-10-22(27)23(28)13-18/h1-10,13,24,30H,11-12,14-16H2/t24-,25-/m0/s1. The quantitative estimate of drug-likeness (QED) is 0.393. The highest BCUT2D eigenvalue weighted by molar-refractivity contribution is 6.42. The fourth-order valence-electron chi connectivity index (χ4n) is 3.96. The predicted molar refractivity (Wildman–Crippen MR) is 127 cm³/mol. The van der Waals surface area contributed by atoms with Crippen LogP contribution in [-0.4, -0.2) is 19.2 Å². The lowest BCUT2D eigenvalue weighted by molar-refractivity contribution is -0.176. The van der Waals surface area contributed by atoms with Crippen molar-refractivity contribution in [1.29, 1.82) is 0 Å². The van der Waals surface area contributed by atoms with Crippen LogP contribution >= 0.6 is 34.8 Å². The minimum absolute atomic E-state index is 0.271. The maximum atomic E-state index is 13.3. The smallest absolute Gasteiger partial charge is 0.123 e. The maximum absolute atomic E-state index is 13.3. The largest absolute Gasteiger partial charge is 0.369 e. The third-order valence-electron chi connectivity index (χ3n) is 5.70. The molecule has 0 aliphatic carbocycles. The van der Waals surface area contributed by atoms with E-state index in [1.807, 2.05) is 36.4 Å². The number of hydrogen-bond donors (Lipinski definition) is 1. The van der Waals surface area contributed by atoms with Crippen LogP contribution in [0.5, 0.6) is 0 Å². The highest BCUT2D eigenvalue weighted by Crippen LogP contribution is 2.39. The van der Waals surface area contributed by atoms with Gasteiger partial charge in [0.25, 0.3) is 0 Å². The van der Waals surface area contributed by atoms with Gasteiger partial charge in [-0.05, 0) is 66.1 Å². The summed E-state index contributed by atoms with van der Waals surface area (Å²) < 4.78 is 26.3. The van der Waals surface area contributed by atoms with Crippen molar-refractivity contribution >= 4 is 34.8 Å². The van der Waals surface area contributed by atoms with Crippen LogP contribution in [0.1, 0.15) is 23.1 Å². The number of halogens is 4. The molecule has 4 rings (SSSR count). The van der Waals surface area contributed by atoms with Crippen molar-refractivity contribution < 1.29 is 13.9 Å². The average Bonchev–Trinajstić information content (AvgIpc) is 2.80. The van der Waals surface area contributed by atoms with Crippen LogP contribution < -0.4 is 5.32 Å². The first kappa shape index (κ1) is 23.5. The van der Waals surface area contributed by atoms with Crippen LogP contribution in [0.4, 0.5) is 4.39 Å².